The van der Waals surface area contributed by atoms with Crippen LogP contribution in [0.2, 0.25) is 0 Å². The van der Waals surface area contributed by atoms with E-state index in [1.807, 2.05) is 27.7 Å². The quantitative estimate of drug-likeness (QED) is 0.588. The smallest absolute Gasteiger partial charge is 0.311 e. The molecule has 6 nitrogen and oxygen atoms in total. The fraction of sp³-hybridized carbons (Fsp3) is 0.929. The van der Waals surface area contributed by atoms with Gasteiger partial charge in [-0.05, 0) is 54.4 Å². The first-order valence-corrected chi connectivity index (χ1v) is 6.97. The molecule has 0 radical (unpaired) electrons. The maximum atomic E-state index is 11.6. The zero-order valence-electron chi connectivity index (χ0n) is 13.3. The van der Waals surface area contributed by atoms with Gasteiger partial charge in [-0.2, -0.15) is 9.78 Å². The predicted molar refractivity (Wildman–Crippen MR) is 71.4 cm³/mol. The van der Waals surface area contributed by atoms with E-state index in [1.54, 1.807) is 13.8 Å². The van der Waals surface area contributed by atoms with Crippen molar-refractivity contribution in [2.45, 2.75) is 77.8 Å². The molecule has 0 spiro atoms. The van der Waals surface area contributed by atoms with Crippen molar-refractivity contribution in [2.24, 2.45) is 0 Å². The molecule has 0 bridgehead atoms. The van der Waals surface area contributed by atoms with Crippen LogP contribution in [0.5, 0.6) is 0 Å². The van der Waals surface area contributed by atoms with Crippen molar-refractivity contribution < 1.29 is 29.1 Å². The van der Waals surface area contributed by atoms with Crippen LogP contribution in [0.15, 0.2) is 0 Å². The molecule has 0 aromatic rings. The summed E-state index contributed by atoms with van der Waals surface area (Å²) < 4.78 is 4.91. The summed E-state index contributed by atoms with van der Waals surface area (Å²) in [4.78, 5) is 33.1. The predicted octanol–water partition coefficient (Wildman–Crippen LogP) is 2.90. The van der Waals surface area contributed by atoms with Crippen LogP contribution in [0.3, 0.4) is 0 Å². The van der Waals surface area contributed by atoms with Gasteiger partial charge in [0.1, 0.15) is 6.42 Å². The largest absolute Gasteiger partial charge is 0.466 e. The third-order valence-corrected chi connectivity index (χ3v) is 2.99. The minimum Gasteiger partial charge on any atom is -0.466 e. The van der Waals surface area contributed by atoms with Gasteiger partial charge in [-0.15, -0.1) is 0 Å². The van der Waals surface area contributed by atoms with E-state index in [0.29, 0.717) is 6.61 Å². The lowest BCUT2D eigenvalue weighted by Gasteiger charge is -2.30. The van der Waals surface area contributed by atoms with Crippen molar-refractivity contribution in [3.8, 4) is 0 Å². The molecule has 1 aliphatic heterocycles. The monoisotopic (exact) mass is 290 g/mol. The SMILES string of the molecule is CCOC(=O)CC1(C)OOC(C)(C)CCC(C)(C)OO1. The lowest BCUT2D eigenvalue weighted by atomic mass is 9.94. The van der Waals surface area contributed by atoms with E-state index in [9.17, 15) is 4.79 Å². The normalized spacial score (nSPS) is 25.1. The maximum absolute atomic E-state index is 11.6. The average Bonchev–Trinajstić information content (AvgIpc) is 2.36. The topological polar surface area (TPSA) is 63.2 Å². The Hall–Kier alpha value is -0.690. The molecule has 6 heteroatoms. The molecule has 1 fully saturated rings. The van der Waals surface area contributed by atoms with Gasteiger partial charge in [0.05, 0.1) is 17.8 Å². The first-order valence-electron chi connectivity index (χ1n) is 6.97. The summed E-state index contributed by atoms with van der Waals surface area (Å²) in [5, 5.41) is 0. The van der Waals surface area contributed by atoms with E-state index in [0.717, 1.165) is 12.8 Å². The Morgan fingerprint density at radius 3 is 1.80 bits per heavy atom. The van der Waals surface area contributed by atoms with Crippen LogP contribution in [-0.2, 0) is 29.1 Å². The standard InChI is InChI=1S/C14H26O6/c1-7-16-11(15)10-14(6)19-17-12(2,3)8-9-13(4,5)18-20-14/h7-10H2,1-6H3. The van der Waals surface area contributed by atoms with Gasteiger partial charge in [-0.25, -0.2) is 9.78 Å². The van der Waals surface area contributed by atoms with Crippen LogP contribution >= 0.6 is 0 Å². The summed E-state index contributed by atoms with van der Waals surface area (Å²) in [6.45, 7) is 11.3. The van der Waals surface area contributed by atoms with Gasteiger partial charge in [-0.3, -0.25) is 4.79 Å². The van der Waals surface area contributed by atoms with Gasteiger partial charge in [0, 0.05) is 0 Å². The summed E-state index contributed by atoms with van der Waals surface area (Å²) in [6.07, 6.45) is 1.35. The first-order chi connectivity index (χ1) is 9.08. The van der Waals surface area contributed by atoms with Crippen molar-refractivity contribution in [3.05, 3.63) is 0 Å². The van der Waals surface area contributed by atoms with Crippen molar-refractivity contribution >= 4 is 5.97 Å². The number of hydrogen-bond acceptors (Lipinski definition) is 6. The number of hydrogen-bond donors (Lipinski definition) is 0. The van der Waals surface area contributed by atoms with Gasteiger partial charge < -0.3 is 4.74 Å². The fourth-order valence-corrected chi connectivity index (χ4v) is 1.63. The molecule has 20 heavy (non-hydrogen) atoms. The molecule has 0 atom stereocenters. The number of esters is 1. The Labute approximate surface area is 120 Å². The van der Waals surface area contributed by atoms with E-state index < -0.39 is 23.0 Å². The van der Waals surface area contributed by atoms with Gasteiger partial charge >= 0.3 is 5.97 Å². The zero-order chi connectivity index (χ0) is 15.4. The lowest BCUT2D eigenvalue weighted by molar-refractivity contribution is -0.530. The minimum atomic E-state index is -1.34. The highest BCUT2D eigenvalue weighted by Crippen LogP contribution is 2.32. The Balaban J connectivity index is 2.80. The average molecular weight is 290 g/mol. The molecule has 1 heterocycles. The molecule has 0 saturated carbocycles. The molecule has 0 unspecified atom stereocenters. The molecule has 0 N–H and O–H groups in total. The Bertz CT molecular complexity index is 317. The van der Waals surface area contributed by atoms with Crippen LogP contribution in [0.25, 0.3) is 0 Å². The van der Waals surface area contributed by atoms with Crippen LogP contribution in [0, 0.1) is 0 Å². The van der Waals surface area contributed by atoms with Crippen LogP contribution < -0.4 is 0 Å². The van der Waals surface area contributed by atoms with E-state index >= 15 is 0 Å². The summed E-state index contributed by atoms with van der Waals surface area (Å²) in [5.41, 5.74) is -0.992. The summed E-state index contributed by atoms with van der Waals surface area (Å²) in [7, 11) is 0. The second-order valence-electron chi connectivity index (χ2n) is 6.47. The summed E-state index contributed by atoms with van der Waals surface area (Å²) >= 11 is 0. The van der Waals surface area contributed by atoms with Gasteiger partial charge in [-0.1, -0.05) is 0 Å². The second kappa shape index (κ2) is 6.39. The van der Waals surface area contributed by atoms with Crippen LogP contribution in [-0.4, -0.2) is 29.6 Å². The van der Waals surface area contributed by atoms with E-state index in [4.69, 9.17) is 24.3 Å². The Morgan fingerprint density at radius 1 is 0.950 bits per heavy atom. The van der Waals surface area contributed by atoms with Gasteiger partial charge in [0.15, 0.2) is 0 Å². The number of ether oxygens (including phenoxy) is 1. The zero-order valence-corrected chi connectivity index (χ0v) is 13.3. The van der Waals surface area contributed by atoms with Crippen molar-refractivity contribution in [3.63, 3.8) is 0 Å². The fourth-order valence-electron chi connectivity index (χ4n) is 1.63. The molecule has 0 aliphatic carbocycles. The van der Waals surface area contributed by atoms with E-state index in [-0.39, 0.29) is 6.42 Å². The molecule has 1 saturated heterocycles. The van der Waals surface area contributed by atoms with Crippen molar-refractivity contribution in [1.82, 2.24) is 0 Å². The van der Waals surface area contributed by atoms with Crippen molar-refractivity contribution in [2.75, 3.05) is 6.61 Å². The van der Waals surface area contributed by atoms with Crippen LogP contribution in [0.1, 0.15) is 60.8 Å². The molecular formula is C14H26O6. The van der Waals surface area contributed by atoms with E-state index in [2.05, 4.69) is 0 Å². The highest BCUT2D eigenvalue weighted by atomic mass is 17.3. The second-order valence-corrected chi connectivity index (χ2v) is 6.47. The number of rotatable bonds is 3. The van der Waals surface area contributed by atoms with E-state index in [1.165, 1.54) is 0 Å². The highest BCUT2D eigenvalue weighted by molar-refractivity contribution is 5.70. The maximum Gasteiger partial charge on any atom is 0.311 e. The van der Waals surface area contributed by atoms with Crippen molar-refractivity contribution in [1.29, 1.82) is 0 Å². The number of carbonyl (C=O) groups excluding carboxylic acids is 1. The molecule has 118 valence electrons. The highest BCUT2D eigenvalue weighted by Gasteiger charge is 2.40. The Morgan fingerprint density at radius 2 is 1.40 bits per heavy atom. The van der Waals surface area contributed by atoms with Gasteiger partial charge in [0.2, 0.25) is 5.79 Å². The first kappa shape index (κ1) is 17.4. The minimum absolute atomic E-state index is 0.118. The molecule has 0 amide bonds. The third-order valence-electron chi connectivity index (χ3n) is 2.99. The molecule has 0 aromatic carbocycles. The summed E-state index contributed by atoms with van der Waals surface area (Å²) in [5.74, 6) is -1.78. The number of carbonyl (C=O) groups is 1. The molecule has 1 aliphatic rings. The molecule has 0 aromatic heterocycles. The Kier molecular flexibility index (Phi) is 5.54. The molecular weight excluding hydrogens is 264 g/mol. The van der Waals surface area contributed by atoms with Gasteiger partial charge in [0.25, 0.3) is 0 Å². The third kappa shape index (κ3) is 5.75. The summed E-state index contributed by atoms with van der Waals surface area (Å²) in [6, 6.07) is 0. The molecule has 1 rings (SSSR count). The lowest BCUT2D eigenvalue weighted by Crippen LogP contribution is -2.39. The van der Waals surface area contributed by atoms with Crippen LogP contribution in [0.4, 0.5) is 0 Å².